The second kappa shape index (κ2) is 4.76. The Bertz CT molecular complexity index is 500. The normalized spacial score (nSPS) is 26.8. The Balaban J connectivity index is 1.78. The van der Waals surface area contributed by atoms with Crippen LogP contribution in [0.1, 0.15) is 24.8 Å². The standard InChI is InChI=1S/C15H21N3O/c1-10-3-2-4-13(15(10)16)18-8-7-12-11(9-18)5-6-14(19)17-12/h2-4,11-12H,5-9,16H2,1H3,(H,17,19). The van der Waals surface area contributed by atoms with Crippen molar-refractivity contribution in [1.82, 2.24) is 5.32 Å². The van der Waals surface area contributed by atoms with Gasteiger partial charge in [-0.3, -0.25) is 4.79 Å². The van der Waals surface area contributed by atoms with E-state index in [1.807, 2.05) is 13.0 Å². The highest BCUT2D eigenvalue weighted by Gasteiger charge is 2.34. The number of anilines is 2. The number of amides is 1. The molecule has 0 aliphatic carbocycles. The zero-order chi connectivity index (χ0) is 13.4. The minimum Gasteiger partial charge on any atom is -0.397 e. The van der Waals surface area contributed by atoms with Crippen LogP contribution < -0.4 is 16.0 Å². The molecule has 1 amide bonds. The lowest BCUT2D eigenvalue weighted by molar-refractivity contribution is -0.124. The van der Waals surface area contributed by atoms with E-state index in [0.29, 0.717) is 18.4 Å². The van der Waals surface area contributed by atoms with Crippen LogP contribution in [0.4, 0.5) is 11.4 Å². The van der Waals surface area contributed by atoms with E-state index < -0.39 is 0 Å². The van der Waals surface area contributed by atoms with Gasteiger partial charge >= 0.3 is 0 Å². The summed E-state index contributed by atoms with van der Waals surface area (Å²) in [5, 5.41) is 3.12. The molecular formula is C15H21N3O. The van der Waals surface area contributed by atoms with Gasteiger partial charge in [0.2, 0.25) is 5.91 Å². The van der Waals surface area contributed by atoms with E-state index >= 15 is 0 Å². The van der Waals surface area contributed by atoms with E-state index in [4.69, 9.17) is 5.73 Å². The second-order valence-corrected chi connectivity index (χ2v) is 5.72. The third kappa shape index (κ3) is 2.27. The van der Waals surface area contributed by atoms with Crippen LogP contribution in [0.2, 0.25) is 0 Å². The Morgan fingerprint density at radius 2 is 2.21 bits per heavy atom. The average Bonchev–Trinajstić information content (AvgIpc) is 2.41. The number of hydrogen-bond acceptors (Lipinski definition) is 3. The topological polar surface area (TPSA) is 58.4 Å². The lowest BCUT2D eigenvalue weighted by Gasteiger charge is -2.42. The number of rotatable bonds is 1. The van der Waals surface area contributed by atoms with Gasteiger partial charge in [0, 0.05) is 25.6 Å². The van der Waals surface area contributed by atoms with Crippen LogP contribution in [0.5, 0.6) is 0 Å². The highest BCUT2D eigenvalue weighted by Crippen LogP contribution is 2.32. The summed E-state index contributed by atoms with van der Waals surface area (Å²) in [5.74, 6) is 0.774. The largest absolute Gasteiger partial charge is 0.397 e. The molecule has 0 bridgehead atoms. The molecule has 2 unspecified atom stereocenters. The Morgan fingerprint density at radius 3 is 3.05 bits per heavy atom. The van der Waals surface area contributed by atoms with Gasteiger partial charge in [0.25, 0.3) is 0 Å². The van der Waals surface area contributed by atoms with E-state index in [1.165, 1.54) is 0 Å². The van der Waals surface area contributed by atoms with Crippen LogP contribution >= 0.6 is 0 Å². The molecule has 2 heterocycles. The molecule has 102 valence electrons. The first-order valence-electron chi connectivity index (χ1n) is 7.04. The summed E-state index contributed by atoms with van der Waals surface area (Å²) in [6.45, 7) is 4.01. The van der Waals surface area contributed by atoms with Gasteiger partial charge in [0.05, 0.1) is 11.4 Å². The lowest BCUT2D eigenvalue weighted by Crippen LogP contribution is -2.54. The second-order valence-electron chi connectivity index (χ2n) is 5.72. The number of carbonyl (C=O) groups is 1. The Labute approximate surface area is 114 Å². The summed E-state index contributed by atoms with van der Waals surface area (Å²) in [4.78, 5) is 13.8. The number of para-hydroxylation sites is 1. The number of hydrogen-bond donors (Lipinski definition) is 2. The molecule has 2 fully saturated rings. The van der Waals surface area contributed by atoms with Crippen LogP contribution in [0.3, 0.4) is 0 Å². The van der Waals surface area contributed by atoms with E-state index in [9.17, 15) is 4.79 Å². The molecule has 2 aliphatic rings. The maximum Gasteiger partial charge on any atom is 0.220 e. The monoisotopic (exact) mass is 259 g/mol. The summed E-state index contributed by atoms with van der Waals surface area (Å²) in [6.07, 6.45) is 2.68. The molecule has 3 N–H and O–H groups in total. The minimum atomic E-state index is 0.213. The molecule has 1 aromatic carbocycles. The lowest BCUT2D eigenvalue weighted by atomic mass is 9.85. The average molecular weight is 259 g/mol. The fraction of sp³-hybridized carbons (Fsp3) is 0.533. The van der Waals surface area contributed by atoms with E-state index in [1.54, 1.807) is 0 Å². The number of benzene rings is 1. The number of fused-ring (bicyclic) bond motifs is 1. The van der Waals surface area contributed by atoms with Gasteiger partial charge in [0.15, 0.2) is 0 Å². The number of nitrogens with zero attached hydrogens (tertiary/aromatic N) is 1. The van der Waals surface area contributed by atoms with Crippen molar-refractivity contribution in [1.29, 1.82) is 0 Å². The molecule has 4 heteroatoms. The molecule has 2 aliphatic heterocycles. The van der Waals surface area contributed by atoms with Gasteiger partial charge in [-0.25, -0.2) is 0 Å². The van der Waals surface area contributed by atoms with Crippen molar-refractivity contribution in [3.8, 4) is 0 Å². The maximum absolute atomic E-state index is 11.4. The number of nitrogens with two attached hydrogens (primary N) is 1. The molecule has 2 saturated heterocycles. The number of carbonyl (C=O) groups excluding carboxylic acids is 1. The molecule has 2 atom stereocenters. The van der Waals surface area contributed by atoms with E-state index in [0.717, 1.165) is 42.9 Å². The molecule has 4 nitrogen and oxygen atoms in total. The third-order valence-corrected chi connectivity index (χ3v) is 4.46. The predicted octanol–water partition coefficient (Wildman–Crippen LogP) is 1.68. The van der Waals surface area contributed by atoms with Crippen molar-refractivity contribution >= 4 is 17.3 Å². The van der Waals surface area contributed by atoms with Crippen molar-refractivity contribution in [2.75, 3.05) is 23.7 Å². The number of nitrogens with one attached hydrogen (secondary N) is 1. The Kier molecular flexibility index (Phi) is 3.09. The first-order valence-corrected chi connectivity index (χ1v) is 7.04. The SMILES string of the molecule is Cc1cccc(N2CCC3NC(=O)CCC3C2)c1N. The fourth-order valence-corrected chi connectivity index (χ4v) is 3.27. The van der Waals surface area contributed by atoms with Crippen LogP contribution in [0, 0.1) is 12.8 Å². The molecule has 19 heavy (non-hydrogen) atoms. The minimum absolute atomic E-state index is 0.213. The van der Waals surface area contributed by atoms with Crippen molar-refractivity contribution < 1.29 is 4.79 Å². The third-order valence-electron chi connectivity index (χ3n) is 4.46. The van der Waals surface area contributed by atoms with Crippen molar-refractivity contribution in [3.63, 3.8) is 0 Å². The van der Waals surface area contributed by atoms with Gasteiger partial charge in [-0.05, 0) is 37.3 Å². The molecule has 0 saturated carbocycles. The van der Waals surface area contributed by atoms with Crippen molar-refractivity contribution in [2.45, 2.75) is 32.2 Å². The molecular weight excluding hydrogens is 238 g/mol. The Hall–Kier alpha value is -1.71. The molecule has 0 radical (unpaired) electrons. The first-order chi connectivity index (χ1) is 9.15. The highest BCUT2D eigenvalue weighted by atomic mass is 16.1. The van der Waals surface area contributed by atoms with Crippen LogP contribution in [0.25, 0.3) is 0 Å². The number of nitrogen functional groups attached to an aromatic ring is 1. The number of piperidine rings is 2. The zero-order valence-electron chi connectivity index (χ0n) is 11.4. The van der Waals surface area contributed by atoms with Crippen LogP contribution in [-0.4, -0.2) is 25.0 Å². The summed E-state index contributed by atoms with van der Waals surface area (Å²) >= 11 is 0. The van der Waals surface area contributed by atoms with Gasteiger partial charge < -0.3 is 16.0 Å². The van der Waals surface area contributed by atoms with Gasteiger partial charge in [-0.1, -0.05) is 12.1 Å². The summed E-state index contributed by atoms with van der Waals surface area (Å²) in [6, 6.07) is 6.58. The predicted molar refractivity (Wildman–Crippen MR) is 77.1 cm³/mol. The summed E-state index contributed by atoms with van der Waals surface area (Å²) in [7, 11) is 0. The smallest absolute Gasteiger partial charge is 0.220 e. The number of aryl methyl sites for hydroxylation is 1. The van der Waals surface area contributed by atoms with E-state index in [-0.39, 0.29) is 5.91 Å². The Morgan fingerprint density at radius 1 is 1.37 bits per heavy atom. The summed E-state index contributed by atoms with van der Waals surface area (Å²) in [5.41, 5.74) is 9.37. The van der Waals surface area contributed by atoms with Gasteiger partial charge in [-0.15, -0.1) is 0 Å². The van der Waals surface area contributed by atoms with Gasteiger partial charge in [-0.2, -0.15) is 0 Å². The maximum atomic E-state index is 11.4. The van der Waals surface area contributed by atoms with Crippen LogP contribution in [0.15, 0.2) is 18.2 Å². The molecule has 1 aromatic rings. The summed E-state index contributed by atoms with van der Waals surface area (Å²) < 4.78 is 0. The van der Waals surface area contributed by atoms with Crippen molar-refractivity contribution in [2.24, 2.45) is 5.92 Å². The quantitative estimate of drug-likeness (QED) is 0.754. The van der Waals surface area contributed by atoms with E-state index in [2.05, 4.69) is 22.3 Å². The fourth-order valence-electron chi connectivity index (χ4n) is 3.27. The molecule has 0 aromatic heterocycles. The van der Waals surface area contributed by atoms with Crippen molar-refractivity contribution in [3.05, 3.63) is 23.8 Å². The highest BCUT2D eigenvalue weighted by molar-refractivity contribution is 5.77. The zero-order valence-corrected chi connectivity index (χ0v) is 11.4. The van der Waals surface area contributed by atoms with Gasteiger partial charge in [0.1, 0.15) is 0 Å². The molecule has 3 rings (SSSR count). The van der Waals surface area contributed by atoms with Crippen LogP contribution in [-0.2, 0) is 4.79 Å². The first kappa shape index (κ1) is 12.3. The molecule has 0 spiro atoms.